The number of hydrogen-bond donors (Lipinski definition) is 0. The monoisotopic (exact) mass is 1430 g/mol. The van der Waals surface area contributed by atoms with Crippen molar-refractivity contribution in [2.75, 3.05) is 9.80 Å². The number of para-hydroxylation sites is 8. The van der Waals surface area contributed by atoms with Gasteiger partial charge in [-0.2, -0.15) is 0 Å². The predicted octanol–water partition coefficient (Wildman–Crippen LogP) is 25.9. The Labute approximate surface area is 669 Å². The van der Waals surface area contributed by atoms with Crippen LogP contribution in [0.15, 0.2) is 325 Å². The molecule has 0 unspecified atom stereocenters. The third-order valence-electron chi connectivity index (χ3n) is 22.0. The maximum Gasteiger partial charge on any atom is 0.252 e. The van der Waals surface area contributed by atoms with Gasteiger partial charge in [0.05, 0.1) is 83.1 Å². The van der Waals surface area contributed by atoms with E-state index in [9.17, 15) is 21.9 Å². The molecule has 6 nitrogen and oxygen atoms in total. The van der Waals surface area contributed by atoms with E-state index in [2.05, 4.69) is 139 Å². The molecule has 7 heteroatoms. The summed E-state index contributed by atoms with van der Waals surface area (Å²) in [7, 11) is 0. The fraction of sp³-hybridized carbons (Fsp3) is 0.118. The van der Waals surface area contributed by atoms with Crippen LogP contribution in [0.2, 0.25) is 0 Å². The molecule has 0 aliphatic carbocycles. The zero-order valence-corrected chi connectivity index (χ0v) is 61.0. The lowest BCUT2D eigenvalue weighted by molar-refractivity contribution is 0.569. The van der Waals surface area contributed by atoms with Crippen molar-refractivity contribution in [3.05, 3.63) is 338 Å². The summed E-state index contributed by atoms with van der Waals surface area (Å²) in [6.07, 6.45) is 0. The minimum Gasteiger partial charge on any atom is -0.452 e. The van der Waals surface area contributed by atoms with E-state index in [1.54, 1.807) is 24.3 Å². The number of hydrogen-bond acceptors (Lipinski definition) is 3. The van der Waals surface area contributed by atoms with Gasteiger partial charge in [0.25, 0.3) is 6.71 Å². The van der Waals surface area contributed by atoms with Crippen LogP contribution in [-0.4, -0.2) is 20.4 Å². The SMILES string of the molecule is [2H]c1c([2H])c([2H])c2c(c1[2H])c1c([2H])c([2H])c([2H])c([2H])c1n2-c1ccc2c(c1)N(c1c(-c3ccccc3)cc(C(C)(C)C)cc1-c1ccccc1)c1cc(-c3cc(C(C)(C)C)cc(C(C)(C)C)c3)cc3c1B2c1ccc(-n2c4c([2H])c([2H])c([2H])c([2H])c4c4c([2H])c([2H])c([2H])c([2H])c42)cc1N3c1cccc2c1oc1c(-n3c4c([2H])c([2H])c([2H])c([2H])c4c4c([2H])c([2H])c([2H])c([2H])c43)cccc12. The highest BCUT2D eigenvalue weighted by atomic mass is 16.3. The van der Waals surface area contributed by atoms with E-state index < -0.39 is 168 Å². The number of furan rings is 1. The molecule has 109 heavy (non-hydrogen) atoms. The quantitative estimate of drug-likeness (QED) is 0.142. The summed E-state index contributed by atoms with van der Waals surface area (Å²) in [4.78, 5) is 4.30. The average Bonchev–Trinajstić information content (AvgIpc) is 1.36. The molecular weight excluding hydrogens is 1320 g/mol. The van der Waals surface area contributed by atoms with Crippen molar-refractivity contribution in [3.63, 3.8) is 0 Å². The standard InChI is InChI=1S/C102H80BN5O/c1-100(2,3)67-54-65(55-68(58-67)101(4,5)6)66-56-94-96-95(57-66)108(97-80(63-30-12-10-13-31-63)59-69(102(7,8)9)60-81(97)64-32-14-11-15-33-64)93-62-71(105-86-44-24-18-36-74(86)75-37-19-25-45-87(75)105)51-53-83(93)103(96)82-52-50-70(104-84-42-22-16-34-72(84)73-35-17-23-43-85(73)104)61-92(82)107(94)91-49-29-41-79-78-40-28-48-90(98(78)109-99(79)91)106-88-46-26-20-38-76(88)77-39-21-27-47-89(77)106/h10-62H,1-9H3/i16D,17D,18D,19D,20D,21D,22D,23D,24D,25D,26D,27D,34D,35D,36D,37D,38D,39D,42D,43D,44D,45D,46D,47D. The summed E-state index contributed by atoms with van der Waals surface area (Å²) in [5.74, 6) is 0. The maximum absolute atomic E-state index is 9.95. The van der Waals surface area contributed by atoms with Gasteiger partial charge in [0.2, 0.25) is 0 Å². The zero-order chi connectivity index (χ0) is 94.4. The molecule has 0 radical (unpaired) electrons. The fourth-order valence-corrected chi connectivity index (χ4v) is 16.7. The molecule has 2 aliphatic heterocycles. The van der Waals surface area contributed by atoms with E-state index in [0.29, 0.717) is 66.8 Å². The summed E-state index contributed by atoms with van der Waals surface area (Å²) >= 11 is 0. The van der Waals surface area contributed by atoms with Gasteiger partial charge in [-0.1, -0.05) is 286 Å². The topological polar surface area (TPSA) is 34.4 Å². The molecule has 0 bridgehead atoms. The van der Waals surface area contributed by atoms with E-state index >= 15 is 0 Å². The van der Waals surface area contributed by atoms with Crippen molar-refractivity contribution in [3.8, 4) is 50.4 Å². The molecule has 0 fully saturated rings. The van der Waals surface area contributed by atoms with Gasteiger partial charge in [0, 0.05) is 88.3 Å². The fourth-order valence-electron chi connectivity index (χ4n) is 16.7. The number of benzene rings is 15. The highest BCUT2D eigenvalue weighted by molar-refractivity contribution is 7.00. The van der Waals surface area contributed by atoms with Crippen molar-refractivity contribution in [1.29, 1.82) is 0 Å². The minimum absolute atomic E-state index is 0.119. The molecule has 0 spiro atoms. The number of nitrogens with zero attached hydrogens (tertiary/aromatic N) is 5. The highest BCUT2D eigenvalue weighted by Gasteiger charge is 2.46. The second-order valence-corrected chi connectivity index (χ2v) is 31.5. The van der Waals surface area contributed by atoms with Crippen LogP contribution in [-0.2, 0) is 16.2 Å². The lowest BCUT2D eigenvalue weighted by Crippen LogP contribution is -2.61. The minimum atomic E-state index is -0.948. The summed E-state index contributed by atoms with van der Waals surface area (Å²) < 4.78 is 239. The first kappa shape index (κ1) is 44.3. The summed E-state index contributed by atoms with van der Waals surface area (Å²) in [5.41, 5.74) is 10.9. The van der Waals surface area contributed by atoms with Gasteiger partial charge in [-0.15, -0.1) is 0 Å². The van der Waals surface area contributed by atoms with Gasteiger partial charge in [0.15, 0.2) is 11.2 Å². The van der Waals surface area contributed by atoms with Crippen molar-refractivity contribution in [2.45, 2.75) is 78.6 Å². The third kappa shape index (κ3) is 9.88. The van der Waals surface area contributed by atoms with Gasteiger partial charge >= 0.3 is 0 Å². The first-order chi connectivity index (χ1) is 63.0. The van der Waals surface area contributed by atoms with Gasteiger partial charge in [-0.05, 0) is 168 Å². The summed E-state index contributed by atoms with van der Waals surface area (Å²) in [6.45, 7) is 18.5. The number of rotatable bonds is 8. The van der Waals surface area contributed by atoms with Crippen LogP contribution in [0.3, 0.4) is 0 Å². The molecule has 4 aromatic heterocycles. The first-order valence-corrected chi connectivity index (χ1v) is 36.5. The van der Waals surface area contributed by atoms with Crippen molar-refractivity contribution >= 4 is 145 Å². The predicted molar refractivity (Wildman–Crippen MR) is 463 cm³/mol. The molecule has 2 aliphatic rings. The molecule has 0 atom stereocenters. The van der Waals surface area contributed by atoms with Gasteiger partial charge in [0.1, 0.15) is 0 Å². The third-order valence-corrected chi connectivity index (χ3v) is 22.0. The molecular formula is C102H80BN5O. The van der Waals surface area contributed by atoms with E-state index in [1.165, 1.54) is 13.7 Å². The van der Waals surface area contributed by atoms with Crippen LogP contribution in [0, 0.1) is 0 Å². The van der Waals surface area contributed by atoms with Gasteiger partial charge < -0.3 is 27.9 Å². The molecule has 0 N–H and O–H groups in total. The zero-order valence-electron chi connectivity index (χ0n) is 85.0. The van der Waals surface area contributed by atoms with Crippen LogP contribution in [0.4, 0.5) is 34.1 Å². The smallest absolute Gasteiger partial charge is 0.252 e. The molecule has 15 aromatic carbocycles. The molecule has 0 saturated carbocycles. The van der Waals surface area contributed by atoms with Crippen molar-refractivity contribution in [2.24, 2.45) is 0 Å². The van der Waals surface area contributed by atoms with E-state index in [-0.39, 0.29) is 93.6 Å². The lowest BCUT2D eigenvalue weighted by Gasteiger charge is -2.45. The molecule has 0 saturated heterocycles. The Hall–Kier alpha value is -12.8. The number of fused-ring (bicyclic) bond motifs is 16. The van der Waals surface area contributed by atoms with E-state index in [4.69, 9.17) is 15.4 Å². The van der Waals surface area contributed by atoms with Gasteiger partial charge in [-0.25, -0.2) is 0 Å². The van der Waals surface area contributed by atoms with Crippen LogP contribution in [0.5, 0.6) is 0 Å². The Morgan fingerprint density at radius 2 is 0.642 bits per heavy atom. The average molecular weight is 1430 g/mol. The lowest BCUT2D eigenvalue weighted by atomic mass is 9.33. The van der Waals surface area contributed by atoms with Crippen LogP contribution >= 0.6 is 0 Å². The molecule has 0 amide bonds. The maximum atomic E-state index is 9.95. The molecule has 21 rings (SSSR count). The Balaban J connectivity index is 0.983. The number of anilines is 6. The highest BCUT2D eigenvalue weighted by Crippen LogP contribution is 2.55. The molecule has 19 aromatic rings. The largest absolute Gasteiger partial charge is 0.452 e. The first-order valence-electron chi connectivity index (χ1n) is 48.5. The van der Waals surface area contributed by atoms with Crippen LogP contribution in [0.25, 0.3) is 138 Å². The Morgan fingerprint density at radius 3 is 1.06 bits per heavy atom. The Kier molecular flexibility index (Phi) is 9.69. The normalized spacial score (nSPS) is 16.2. The second kappa shape index (κ2) is 23.8. The van der Waals surface area contributed by atoms with Crippen molar-refractivity contribution < 1.29 is 37.3 Å². The Morgan fingerprint density at radius 1 is 0.284 bits per heavy atom. The molecule has 522 valence electrons. The van der Waals surface area contributed by atoms with Crippen molar-refractivity contribution in [1.82, 2.24) is 13.7 Å². The summed E-state index contributed by atoms with van der Waals surface area (Å²) in [5, 5.41) is 0.0392. The van der Waals surface area contributed by atoms with E-state index in [1.807, 2.05) is 84.9 Å². The van der Waals surface area contributed by atoms with E-state index in [0.717, 1.165) is 44.5 Å². The number of aromatic nitrogens is 3. The van der Waals surface area contributed by atoms with Crippen LogP contribution in [0.1, 0.15) is 112 Å². The van der Waals surface area contributed by atoms with Crippen LogP contribution < -0.4 is 26.2 Å². The van der Waals surface area contributed by atoms with Gasteiger partial charge in [-0.3, -0.25) is 0 Å². The summed E-state index contributed by atoms with van der Waals surface area (Å²) in [6, 6.07) is 43.3. The second-order valence-electron chi connectivity index (χ2n) is 31.5. The molecule has 6 heterocycles. The Bertz CT molecular complexity index is 8210.